The van der Waals surface area contributed by atoms with Crippen molar-refractivity contribution in [3.05, 3.63) is 60.0 Å². The fourth-order valence-electron chi connectivity index (χ4n) is 3.13. The van der Waals surface area contributed by atoms with Gasteiger partial charge in [0.15, 0.2) is 5.82 Å². The summed E-state index contributed by atoms with van der Waals surface area (Å²) in [5, 5.41) is 18.6. The number of aromatic nitrogens is 4. The summed E-state index contributed by atoms with van der Waals surface area (Å²) in [5.74, 6) is 0.797. The molecule has 2 N–H and O–H groups in total. The first-order valence-corrected chi connectivity index (χ1v) is 8.33. The molecule has 6 nitrogen and oxygen atoms in total. The predicted octanol–water partition coefficient (Wildman–Crippen LogP) is 1.97. The van der Waals surface area contributed by atoms with Crippen LogP contribution in [0.5, 0.6) is 0 Å². The molecule has 1 atom stereocenters. The highest BCUT2D eigenvalue weighted by atomic mass is 16.3. The summed E-state index contributed by atoms with van der Waals surface area (Å²) in [5.41, 5.74) is 2.95. The summed E-state index contributed by atoms with van der Waals surface area (Å²) < 4.78 is 4.02. The molecule has 1 aliphatic rings. The fourth-order valence-corrected chi connectivity index (χ4v) is 3.13. The third kappa shape index (κ3) is 2.98. The lowest BCUT2D eigenvalue weighted by Gasteiger charge is -2.13. The molecule has 4 rings (SSSR count). The normalized spacial score (nSPS) is 15.7. The summed E-state index contributed by atoms with van der Waals surface area (Å²) in [6, 6.07) is 11.8. The second-order valence-corrected chi connectivity index (χ2v) is 6.10. The van der Waals surface area contributed by atoms with E-state index in [1.807, 2.05) is 41.1 Å². The number of imidazole rings is 1. The van der Waals surface area contributed by atoms with Crippen molar-refractivity contribution in [3.63, 3.8) is 0 Å². The third-order valence-corrected chi connectivity index (χ3v) is 4.39. The first-order valence-electron chi connectivity index (χ1n) is 8.33. The van der Waals surface area contributed by atoms with Crippen LogP contribution in [0, 0.1) is 0 Å². The van der Waals surface area contributed by atoms with E-state index in [2.05, 4.69) is 21.0 Å². The summed E-state index contributed by atoms with van der Waals surface area (Å²) >= 11 is 0. The summed E-state index contributed by atoms with van der Waals surface area (Å²) in [4.78, 5) is 4.46. The lowest BCUT2D eigenvalue weighted by molar-refractivity contribution is 0.157. The second kappa shape index (κ2) is 6.59. The third-order valence-electron chi connectivity index (χ3n) is 4.39. The number of fused-ring (bicyclic) bond motifs is 1. The van der Waals surface area contributed by atoms with Crippen LogP contribution in [0.15, 0.2) is 48.8 Å². The Morgan fingerprint density at radius 3 is 3.00 bits per heavy atom. The molecular formula is C18H21N5O. The van der Waals surface area contributed by atoms with Gasteiger partial charge < -0.3 is 15.0 Å². The molecule has 124 valence electrons. The van der Waals surface area contributed by atoms with Crippen LogP contribution in [0.2, 0.25) is 0 Å². The highest BCUT2D eigenvalue weighted by molar-refractivity contribution is 5.50. The zero-order valence-electron chi connectivity index (χ0n) is 13.5. The first kappa shape index (κ1) is 15.1. The zero-order chi connectivity index (χ0) is 16.4. The van der Waals surface area contributed by atoms with Crippen LogP contribution in [0.25, 0.3) is 11.5 Å². The van der Waals surface area contributed by atoms with Gasteiger partial charge in [-0.05, 0) is 24.6 Å². The lowest BCUT2D eigenvalue weighted by Crippen LogP contribution is -2.11. The van der Waals surface area contributed by atoms with Crippen LogP contribution in [-0.4, -0.2) is 31.0 Å². The molecule has 1 aromatic carbocycles. The molecule has 0 fully saturated rings. The van der Waals surface area contributed by atoms with Gasteiger partial charge in [0.1, 0.15) is 5.69 Å². The maximum absolute atomic E-state index is 10.5. The monoisotopic (exact) mass is 323 g/mol. The SMILES string of the molecule is O[C@@H](Cn1ccnc1-c1cc2n(n1)CCCNC2)c1ccccc1. The Morgan fingerprint density at radius 2 is 2.12 bits per heavy atom. The van der Waals surface area contributed by atoms with E-state index in [0.717, 1.165) is 43.1 Å². The van der Waals surface area contributed by atoms with Gasteiger partial charge in [0.25, 0.3) is 0 Å². The fraction of sp³-hybridized carbons (Fsp3) is 0.333. The molecule has 6 heteroatoms. The zero-order valence-corrected chi connectivity index (χ0v) is 13.5. The Morgan fingerprint density at radius 1 is 1.25 bits per heavy atom. The topological polar surface area (TPSA) is 67.9 Å². The van der Waals surface area contributed by atoms with Crippen molar-refractivity contribution in [1.29, 1.82) is 0 Å². The van der Waals surface area contributed by atoms with E-state index >= 15 is 0 Å². The molecule has 24 heavy (non-hydrogen) atoms. The number of aliphatic hydroxyl groups is 1. The Balaban J connectivity index is 1.59. The largest absolute Gasteiger partial charge is 0.387 e. The Hall–Kier alpha value is -2.44. The molecule has 0 spiro atoms. The van der Waals surface area contributed by atoms with Crippen molar-refractivity contribution in [2.75, 3.05) is 6.54 Å². The predicted molar refractivity (Wildman–Crippen MR) is 91.2 cm³/mol. The van der Waals surface area contributed by atoms with Crippen LogP contribution in [0.4, 0.5) is 0 Å². The Kier molecular flexibility index (Phi) is 4.15. The maximum atomic E-state index is 10.5. The molecule has 3 heterocycles. The van der Waals surface area contributed by atoms with Gasteiger partial charge in [-0.3, -0.25) is 4.68 Å². The van der Waals surface area contributed by atoms with E-state index in [-0.39, 0.29) is 0 Å². The van der Waals surface area contributed by atoms with Crippen molar-refractivity contribution in [3.8, 4) is 11.5 Å². The van der Waals surface area contributed by atoms with E-state index in [4.69, 9.17) is 5.10 Å². The number of hydrogen-bond acceptors (Lipinski definition) is 4. The minimum absolute atomic E-state index is 0.458. The highest BCUT2D eigenvalue weighted by Gasteiger charge is 2.17. The van der Waals surface area contributed by atoms with Crippen molar-refractivity contribution < 1.29 is 5.11 Å². The molecule has 2 aromatic heterocycles. The van der Waals surface area contributed by atoms with Gasteiger partial charge in [0.05, 0.1) is 18.3 Å². The van der Waals surface area contributed by atoms with Crippen molar-refractivity contribution in [2.45, 2.75) is 32.2 Å². The van der Waals surface area contributed by atoms with Gasteiger partial charge >= 0.3 is 0 Å². The molecule has 0 unspecified atom stereocenters. The van der Waals surface area contributed by atoms with Crippen LogP contribution in [-0.2, 0) is 19.6 Å². The number of aliphatic hydroxyl groups excluding tert-OH is 1. The Bertz CT molecular complexity index is 784. The average molecular weight is 323 g/mol. The molecule has 0 amide bonds. The van der Waals surface area contributed by atoms with Gasteiger partial charge in [0.2, 0.25) is 0 Å². The van der Waals surface area contributed by atoms with Crippen LogP contribution >= 0.6 is 0 Å². The number of rotatable bonds is 4. The smallest absolute Gasteiger partial charge is 0.160 e. The van der Waals surface area contributed by atoms with E-state index < -0.39 is 6.10 Å². The van der Waals surface area contributed by atoms with Gasteiger partial charge in [0, 0.05) is 25.5 Å². The van der Waals surface area contributed by atoms with Crippen LogP contribution in [0.1, 0.15) is 23.8 Å². The molecule has 1 aliphatic heterocycles. The number of aryl methyl sites for hydroxylation is 1. The number of nitrogens with zero attached hydrogens (tertiary/aromatic N) is 4. The molecule has 3 aromatic rings. The molecule has 0 bridgehead atoms. The summed E-state index contributed by atoms with van der Waals surface area (Å²) in [6.07, 6.45) is 4.16. The summed E-state index contributed by atoms with van der Waals surface area (Å²) in [7, 11) is 0. The first-order chi connectivity index (χ1) is 11.8. The van der Waals surface area contributed by atoms with Gasteiger partial charge in [-0.1, -0.05) is 30.3 Å². The molecule has 0 saturated heterocycles. The van der Waals surface area contributed by atoms with Crippen molar-refractivity contribution >= 4 is 0 Å². The number of hydrogen-bond donors (Lipinski definition) is 2. The molecule has 0 aliphatic carbocycles. The second-order valence-electron chi connectivity index (χ2n) is 6.10. The minimum atomic E-state index is -0.568. The molecule has 0 radical (unpaired) electrons. The van der Waals surface area contributed by atoms with E-state index in [1.54, 1.807) is 6.20 Å². The van der Waals surface area contributed by atoms with Crippen LogP contribution in [0.3, 0.4) is 0 Å². The minimum Gasteiger partial charge on any atom is -0.387 e. The Labute approximate surface area is 140 Å². The highest BCUT2D eigenvalue weighted by Crippen LogP contribution is 2.22. The van der Waals surface area contributed by atoms with Gasteiger partial charge in [-0.2, -0.15) is 5.10 Å². The van der Waals surface area contributed by atoms with Crippen molar-refractivity contribution in [1.82, 2.24) is 24.6 Å². The average Bonchev–Trinajstić information content (AvgIpc) is 3.17. The molecule has 0 saturated carbocycles. The maximum Gasteiger partial charge on any atom is 0.160 e. The summed E-state index contributed by atoms with van der Waals surface area (Å²) in [6.45, 7) is 3.24. The van der Waals surface area contributed by atoms with Crippen molar-refractivity contribution in [2.24, 2.45) is 0 Å². The molecular weight excluding hydrogens is 302 g/mol. The van der Waals surface area contributed by atoms with Gasteiger partial charge in [-0.15, -0.1) is 0 Å². The lowest BCUT2D eigenvalue weighted by atomic mass is 10.1. The van der Waals surface area contributed by atoms with Gasteiger partial charge in [-0.25, -0.2) is 4.98 Å². The van der Waals surface area contributed by atoms with E-state index in [9.17, 15) is 5.11 Å². The van der Waals surface area contributed by atoms with E-state index in [0.29, 0.717) is 6.54 Å². The number of nitrogens with one attached hydrogen (secondary N) is 1. The van der Waals surface area contributed by atoms with Crippen LogP contribution < -0.4 is 5.32 Å². The quantitative estimate of drug-likeness (QED) is 0.770. The standard InChI is InChI=1S/C18H21N5O/c24-17(14-5-2-1-3-6-14)13-22-10-8-20-18(22)16-11-15-12-19-7-4-9-23(15)21-16/h1-3,5-6,8,10-11,17,19,24H,4,7,9,12-13H2/t17-/m0/s1. The van der Waals surface area contributed by atoms with E-state index in [1.165, 1.54) is 5.69 Å². The number of benzene rings is 1.